The van der Waals surface area contributed by atoms with Crippen LogP contribution in [-0.4, -0.2) is 17.3 Å². The van der Waals surface area contributed by atoms with Crippen molar-refractivity contribution in [2.45, 2.75) is 33.3 Å². The van der Waals surface area contributed by atoms with E-state index in [1.165, 1.54) is 7.11 Å². The van der Waals surface area contributed by atoms with Gasteiger partial charge in [0.25, 0.3) is 0 Å². The molecule has 0 aliphatic carbocycles. The summed E-state index contributed by atoms with van der Waals surface area (Å²) >= 11 is 0. The van der Waals surface area contributed by atoms with Gasteiger partial charge in [0.05, 0.1) is 12.7 Å². The van der Waals surface area contributed by atoms with Crippen LogP contribution in [0.3, 0.4) is 0 Å². The summed E-state index contributed by atoms with van der Waals surface area (Å²) in [5, 5.41) is 19.9. The van der Waals surface area contributed by atoms with Crippen molar-refractivity contribution in [3.8, 4) is 11.5 Å². The van der Waals surface area contributed by atoms with Gasteiger partial charge in [-0.25, -0.2) is 0 Å². The molecule has 0 aromatic heterocycles. The number of phenolic OH excluding ortho intramolecular Hbond substituents is 1. The van der Waals surface area contributed by atoms with Gasteiger partial charge in [-0.05, 0) is 44.9 Å². The van der Waals surface area contributed by atoms with Crippen molar-refractivity contribution in [1.29, 1.82) is 0 Å². The van der Waals surface area contributed by atoms with Gasteiger partial charge in [-0.3, -0.25) is 0 Å². The predicted molar refractivity (Wildman–Crippen MR) is 59.4 cm³/mol. The third-order valence-electron chi connectivity index (χ3n) is 2.62. The molecule has 0 atom stereocenters. The lowest BCUT2D eigenvalue weighted by Gasteiger charge is -2.24. The van der Waals surface area contributed by atoms with Crippen molar-refractivity contribution in [3.63, 3.8) is 0 Å². The Morgan fingerprint density at radius 3 is 2.20 bits per heavy atom. The number of hydrogen-bond acceptors (Lipinski definition) is 3. The van der Waals surface area contributed by atoms with Crippen molar-refractivity contribution in [1.82, 2.24) is 0 Å². The Hall–Kier alpha value is -1.22. The second kappa shape index (κ2) is 3.74. The molecule has 15 heavy (non-hydrogen) atoms. The van der Waals surface area contributed by atoms with E-state index in [0.29, 0.717) is 11.3 Å². The normalized spacial score (nSPS) is 11.6. The van der Waals surface area contributed by atoms with Gasteiger partial charge in [0.1, 0.15) is 0 Å². The molecular formula is C12H18O3. The molecule has 3 heteroatoms. The molecule has 0 spiro atoms. The molecule has 0 radical (unpaired) electrons. The van der Waals surface area contributed by atoms with E-state index in [0.717, 1.165) is 11.1 Å². The molecule has 1 rings (SSSR count). The summed E-state index contributed by atoms with van der Waals surface area (Å²) < 4.78 is 5.06. The summed E-state index contributed by atoms with van der Waals surface area (Å²) in [6.07, 6.45) is 0. The first-order valence-corrected chi connectivity index (χ1v) is 4.89. The van der Waals surface area contributed by atoms with E-state index in [2.05, 4.69) is 0 Å². The predicted octanol–water partition coefficient (Wildman–Crippen LogP) is 2.25. The highest BCUT2D eigenvalue weighted by Crippen LogP contribution is 2.40. The molecule has 0 aliphatic heterocycles. The number of aliphatic hydroxyl groups is 1. The quantitative estimate of drug-likeness (QED) is 0.787. The zero-order valence-electron chi connectivity index (χ0n) is 9.88. The lowest BCUT2D eigenvalue weighted by atomic mass is 9.90. The van der Waals surface area contributed by atoms with Gasteiger partial charge < -0.3 is 14.9 Å². The highest BCUT2D eigenvalue weighted by atomic mass is 16.5. The summed E-state index contributed by atoms with van der Waals surface area (Å²) in [5.41, 5.74) is 1.33. The maximum atomic E-state index is 9.98. The van der Waals surface area contributed by atoms with Crippen molar-refractivity contribution >= 4 is 0 Å². The minimum Gasteiger partial charge on any atom is -0.504 e. The van der Waals surface area contributed by atoms with E-state index in [-0.39, 0.29) is 5.75 Å². The third kappa shape index (κ3) is 2.07. The number of aryl methyl sites for hydroxylation is 1. The minimum absolute atomic E-state index is 0.0214. The van der Waals surface area contributed by atoms with Crippen molar-refractivity contribution in [2.75, 3.05) is 7.11 Å². The molecule has 0 unspecified atom stereocenters. The molecule has 2 N–H and O–H groups in total. The maximum Gasteiger partial charge on any atom is 0.164 e. The molecule has 0 amide bonds. The first-order chi connectivity index (χ1) is 6.79. The van der Waals surface area contributed by atoms with Crippen LogP contribution in [0.15, 0.2) is 6.07 Å². The minimum atomic E-state index is -1.08. The zero-order chi connectivity index (χ0) is 11.8. The van der Waals surface area contributed by atoms with E-state index < -0.39 is 5.60 Å². The Kier molecular flexibility index (Phi) is 2.95. The Bertz CT molecular complexity index is 375. The van der Waals surface area contributed by atoms with Gasteiger partial charge in [-0.1, -0.05) is 0 Å². The highest BCUT2D eigenvalue weighted by Gasteiger charge is 2.26. The monoisotopic (exact) mass is 210 g/mol. The van der Waals surface area contributed by atoms with Crippen LogP contribution in [0.1, 0.15) is 30.5 Å². The number of rotatable bonds is 2. The SMILES string of the molecule is COc1cc(C)c(C)c(C(C)(C)O)c1O. The highest BCUT2D eigenvalue weighted by molar-refractivity contribution is 5.54. The van der Waals surface area contributed by atoms with Crippen molar-refractivity contribution in [2.24, 2.45) is 0 Å². The first kappa shape index (κ1) is 11.9. The lowest BCUT2D eigenvalue weighted by Crippen LogP contribution is -2.18. The van der Waals surface area contributed by atoms with Crippen molar-refractivity contribution in [3.05, 3.63) is 22.8 Å². The molecular weight excluding hydrogens is 192 g/mol. The smallest absolute Gasteiger partial charge is 0.164 e. The van der Waals surface area contributed by atoms with Crippen LogP contribution in [0.2, 0.25) is 0 Å². The summed E-state index contributed by atoms with van der Waals surface area (Å²) in [6.45, 7) is 7.09. The molecule has 0 saturated heterocycles. The van der Waals surface area contributed by atoms with E-state index in [9.17, 15) is 10.2 Å². The van der Waals surface area contributed by atoms with E-state index in [4.69, 9.17) is 4.74 Å². The van der Waals surface area contributed by atoms with E-state index in [1.807, 2.05) is 13.8 Å². The number of ether oxygens (including phenoxy) is 1. The fourth-order valence-corrected chi connectivity index (χ4v) is 1.78. The third-order valence-corrected chi connectivity index (χ3v) is 2.62. The fourth-order valence-electron chi connectivity index (χ4n) is 1.78. The second-order valence-electron chi connectivity index (χ2n) is 4.30. The molecule has 1 aromatic rings. The molecule has 1 aromatic carbocycles. The molecule has 84 valence electrons. The number of hydrogen-bond donors (Lipinski definition) is 2. The van der Waals surface area contributed by atoms with Gasteiger partial charge in [0.2, 0.25) is 0 Å². The Morgan fingerprint density at radius 2 is 1.80 bits per heavy atom. The topological polar surface area (TPSA) is 49.7 Å². The van der Waals surface area contributed by atoms with Crippen LogP contribution < -0.4 is 4.74 Å². The zero-order valence-corrected chi connectivity index (χ0v) is 9.88. The number of methoxy groups -OCH3 is 1. The van der Waals surface area contributed by atoms with Gasteiger partial charge in [0, 0.05) is 5.56 Å². The standard InChI is InChI=1S/C12H18O3/c1-7-6-9(15-5)11(13)10(8(7)2)12(3,4)14/h6,13-14H,1-5H3. The van der Waals surface area contributed by atoms with E-state index in [1.54, 1.807) is 19.9 Å². The Morgan fingerprint density at radius 1 is 1.27 bits per heavy atom. The van der Waals surface area contributed by atoms with Gasteiger partial charge in [0.15, 0.2) is 11.5 Å². The first-order valence-electron chi connectivity index (χ1n) is 4.89. The number of aromatic hydroxyl groups is 1. The summed E-state index contributed by atoms with van der Waals surface area (Å²) in [7, 11) is 1.50. The van der Waals surface area contributed by atoms with Crippen LogP contribution >= 0.6 is 0 Å². The second-order valence-corrected chi connectivity index (χ2v) is 4.30. The summed E-state index contributed by atoms with van der Waals surface area (Å²) in [6, 6.07) is 1.76. The van der Waals surface area contributed by atoms with Crippen molar-refractivity contribution < 1.29 is 14.9 Å². The average molecular weight is 210 g/mol. The van der Waals surface area contributed by atoms with Gasteiger partial charge in [-0.15, -0.1) is 0 Å². The van der Waals surface area contributed by atoms with Gasteiger partial charge in [-0.2, -0.15) is 0 Å². The Labute approximate surface area is 90.3 Å². The molecule has 0 bridgehead atoms. The molecule has 0 aliphatic rings. The maximum absolute atomic E-state index is 9.98. The van der Waals surface area contributed by atoms with Gasteiger partial charge >= 0.3 is 0 Å². The lowest BCUT2D eigenvalue weighted by molar-refractivity contribution is 0.0745. The molecule has 0 saturated carbocycles. The largest absolute Gasteiger partial charge is 0.504 e. The van der Waals surface area contributed by atoms with E-state index >= 15 is 0 Å². The number of benzene rings is 1. The van der Waals surface area contributed by atoms with Crippen LogP contribution in [0.5, 0.6) is 11.5 Å². The molecule has 0 heterocycles. The van der Waals surface area contributed by atoms with Crippen LogP contribution in [0.25, 0.3) is 0 Å². The van der Waals surface area contributed by atoms with Crippen LogP contribution in [-0.2, 0) is 5.60 Å². The molecule has 3 nitrogen and oxygen atoms in total. The molecule has 0 fully saturated rings. The van der Waals surface area contributed by atoms with Crippen LogP contribution in [0, 0.1) is 13.8 Å². The number of phenols is 1. The average Bonchev–Trinajstić information content (AvgIpc) is 2.09. The summed E-state index contributed by atoms with van der Waals surface area (Å²) in [4.78, 5) is 0. The Balaban J connectivity index is 3.55. The summed E-state index contributed by atoms with van der Waals surface area (Å²) in [5.74, 6) is 0.420. The fraction of sp³-hybridized carbons (Fsp3) is 0.500. The van der Waals surface area contributed by atoms with Crippen LogP contribution in [0.4, 0.5) is 0 Å².